The normalized spacial score (nSPS) is 10.5. The largest absolute Gasteiger partial charge is 0.497 e. The highest BCUT2D eigenvalue weighted by Crippen LogP contribution is 2.23. The molecule has 0 fully saturated rings. The van der Waals surface area contributed by atoms with Gasteiger partial charge in [0.1, 0.15) is 5.75 Å². The van der Waals surface area contributed by atoms with E-state index in [4.69, 9.17) is 9.84 Å². The first-order valence-electron chi connectivity index (χ1n) is 7.04. The minimum absolute atomic E-state index is 0.139. The SMILES string of the molecule is COc1ccc2cc(C(=O)c3ccc(C(=O)O)cc3)ccc2c1. The highest BCUT2D eigenvalue weighted by Gasteiger charge is 2.11. The molecule has 0 amide bonds. The van der Waals surface area contributed by atoms with Crippen LogP contribution in [0.2, 0.25) is 0 Å². The molecule has 0 heterocycles. The number of ketones is 1. The number of methoxy groups -OCH3 is 1. The van der Waals surface area contributed by atoms with Gasteiger partial charge in [-0.3, -0.25) is 4.79 Å². The molecule has 0 saturated heterocycles. The van der Waals surface area contributed by atoms with E-state index < -0.39 is 5.97 Å². The van der Waals surface area contributed by atoms with Crippen molar-refractivity contribution in [2.45, 2.75) is 0 Å². The lowest BCUT2D eigenvalue weighted by molar-refractivity contribution is 0.0696. The second-order valence-electron chi connectivity index (χ2n) is 5.14. The number of hydrogen-bond acceptors (Lipinski definition) is 3. The van der Waals surface area contributed by atoms with E-state index in [1.54, 1.807) is 13.2 Å². The van der Waals surface area contributed by atoms with Crippen LogP contribution in [-0.2, 0) is 0 Å². The number of carbonyl (C=O) groups excluding carboxylic acids is 1. The summed E-state index contributed by atoms with van der Waals surface area (Å²) in [6.07, 6.45) is 0. The number of rotatable bonds is 4. The number of benzene rings is 3. The zero-order valence-electron chi connectivity index (χ0n) is 12.4. The van der Waals surface area contributed by atoms with Gasteiger partial charge in [-0.2, -0.15) is 0 Å². The van der Waals surface area contributed by atoms with Crippen molar-refractivity contribution < 1.29 is 19.4 Å². The van der Waals surface area contributed by atoms with E-state index in [1.165, 1.54) is 24.3 Å². The number of aromatic carboxylic acids is 1. The smallest absolute Gasteiger partial charge is 0.335 e. The number of fused-ring (bicyclic) bond motifs is 1. The van der Waals surface area contributed by atoms with Gasteiger partial charge in [0.2, 0.25) is 0 Å². The zero-order valence-corrected chi connectivity index (χ0v) is 12.4. The van der Waals surface area contributed by atoms with E-state index in [2.05, 4.69) is 0 Å². The molecule has 3 aromatic carbocycles. The minimum atomic E-state index is -1.01. The first-order chi connectivity index (χ1) is 11.1. The summed E-state index contributed by atoms with van der Waals surface area (Å²) in [5, 5.41) is 10.8. The monoisotopic (exact) mass is 306 g/mol. The van der Waals surface area contributed by atoms with Gasteiger partial charge < -0.3 is 9.84 Å². The zero-order chi connectivity index (χ0) is 16.4. The van der Waals surface area contributed by atoms with Crippen molar-refractivity contribution in [2.24, 2.45) is 0 Å². The summed E-state index contributed by atoms with van der Waals surface area (Å²) in [6.45, 7) is 0. The molecule has 0 unspecified atom stereocenters. The maximum Gasteiger partial charge on any atom is 0.335 e. The first-order valence-corrected chi connectivity index (χ1v) is 7.04. The van der Waals surface area contributed by atoms with Crippen LogP contribution in [0.25, 0.3) is 10.8 Å². The molecule has 23 heavy (non-hydrogen) atoms. The summed E-state index contributed by atoms with van der Waals surface area (Å²) in [7, 11) is 1.61. The third kappa shape index (κ3) is 2.92. The predicted octanol–water partition coefficient (Wildman–Crippen LogP) is 3.78. The van der Waals surface area contributed by atoms with E-state index in [-0.39, 0.29) is 11.3 Å². The Morgan fingerprint density at radius 2 is 1.35 bits per heavy atom. The Bertz CT molecular complexity index is 895. The van der Waals surface area contributed by atoms with Gasteiger partial charge in [-0.15, -0.1) is 0 Å². The topological polar surface area (TPSA) is 63.6 Å². The van der Waals surface area contributed by atoms with E-state index in [1.807, 2.05) is 30.3 Å². The number of hydrogen-bond donors (Lipinski definition) is 1. The van der Waals surface area contributed by atoms with E-state index in [0.29, 0.717) is 11.1 Å². The maximum absolute atomic E-state index is 12.5. The lowest BCUT2D eigenvalue weighted by Crippen LogP contribution is -2.03. The molecule has 0 spiro atoms. The number of carbonyl (C=O) groups is 2. The summed E-state index contributed by atoms with van der Waals surface area (Å²) < 4.78 is 5.18. The van der Waals surface area contributed by atoms with Gasteiger partial charge in [-0.25, -0.2) is 4.79 Å². The Hall–Kier alpha value is -3.14. The first kappa shape index (κ1) is 14.8. The van der Waals surface area contributed by atoms with Gasteiger partial charge >= 0.3 is 5.97 Å². The second-order valence-corrected chi connectivity index (χ2v) is 5.14. The fourth-order valence-corrected chi connectivity index (χ4v) is 2.42. The molecule has 4 nitrogen and oxygen atoms in total. The van der Waals surface area contributed by atoms with Gasteiger partial charge in [-0.05, 0) is 41.1 Å². The van der Waals surface area contributed by atoms with Crippen LogP contribution < -0.4 is 4.74 Å². The molecule has 0 bridgehead atoms. The lowest BCUT2D eigenvalue weighted by atomic mass is 9.99. The van der Waals surface area contributed by atoms with Crippen molar-refractivity contribution in [1.29, 1.82) is 0 Å². The van der Waals surface area contributed by atoms with E-state index in [9.17, 15) is 9.59 Å². The minimum Gasteiger partial charge on any atom is -0.497 e. The number of carboxylic acid groups (broad SMARTS) is 1. The Labute approximate surface area is 132 Å². The van der Waals surface area contributed by atoms with E-state index in [0.717, 1.165) is 16.5 Å². The van der Waals surface area contributed by atoms with Crippen LogP contribution in [0.4, 0.5) is 0 Å². The summed E-state index contributed by atoms with van der Waals surface area (Å²) in [5.74, 6) is -0.385. The van der Waals surface area contributed by atoms with Crippen molar-refractivity contribution in [3.63, 3.8) is 0 Å². The molecule has 0 radical (unpaired) electrons. The van der Waals surface area contributed by atoms with Crippen LogP contribution in [0.1, 0.15) is 26.3 Å². The molecule has 0 aliphatic rings. The van der Waals surface area contributed by atoms with Crippen LogP contribution in [0, 0.1) is 0 Å². The Morgan fingerprint density at radius 3 is 2.00 bits per heavy atom. The summed E-state index contributed by atoms with van der Waals surface area (Å²) >= 11 is 0. The Morgan fingerprint density at radius 1 is 0.783 bits per heavy atom. The van der Waals surface area contributed by atoms with Crippen LogP contribution in [0.3, 0.4) is 0 Å². The summed E-state index contributed by atoms with van der Waals surface area (Å²) in [5.41, 5.74) is 1.18. The fraction of sp³-hybridized carbons (Fsp3) is 0.0526. The van der Waals surface area contributed by atoms with Gasteiger partial charge in [0.25, 0.3) is 0 Å². The summed E-state index contributed by atoms with van der Waals surface area (Å²) in [4.78, 5) is 23.4. The average Bonchev–Trinajstić information content (AvgIpc) is 2.60. The van der Waals surface area contributed by atoms with Crippen molar-refractivity contribution in [3.8, 4) is 5.75 Å². The van der Waals surface area contributed by atoms with Crippen molar-refractivity contribution in [3.05, 3.63) is 77.4 Å². The number of carboxylic acids is 1. The average molecular weight is 306 g/mol. The lowest BCUT2D eigenvalue weighted by Gasteiger charge is -2.06. The van der Waals surface area contributed by atoms with E-state index >= 15 is 0 Å². The molecule has 1 N–H and O–H groups in total. The molecule has 0 saturated carbocycles. The third-order valence-corrected chi connectivity index (χ3v) is 3.70. The highest BCUT2D eigenvalue weighted by molar-refractivity contribution is 6.11. The van der Waals surface area contributed by atoms with Crippen LogP contribution in [0.15, 0.2) is 60.7 Å². The summed E-state index contributed by atoms with van der Waals surface area (Å²) in [6, 6.07) is 17.0. The standard InChI is InChI=1S/C19H14O4/c1-23-17-9-8-14-10-16(7-6-15(14)11-17)18(20)12-2-4-13(5-3-12)19(21)22/h2-11H,1H3,(H,21,22). The van der Waals surface area contributed by atoms with Crippen molar-refractivity contribution in [1.82, 2.24) is 0 Å². The second kappa shape index (κ2) is 5.93. The highest BCUT2D eigenvalue weighted by atomic mass is 16.5. The molecular formula is C19H14O4. The molecule has 0 atom stereocenters. The molecule has 0 aromatic heterocycles. The van der Waals surface area contributed by atoms with Gasteiger partial charge in [0, 0.05) is 11.1 Å². The molecule has 114 valence electrons. The quantitative estimate of drug-likeness (QED) is 0.745. The predicted molar refractivity (Wildman–Crippen MR) is 87.3 cm³/mol. The van der Waals surface area contributed by atoms with Gasteiger partial charge in [0.15, 0.2) is 5.78 Å². The van der Waals surface area contributed by atoms with Crippen LogP contribution >= 0.6 is 0 Å². The van der Waals surface area contributed by atoms with Crippen LogP contribution in [-0.4, -0.2) is 24.0 Å². The molecule has 0 aliphatic heterocycles. The maximum atomic E-state index is 12.5. The molecular weight excluding hydrogens is 292 g/mol. The molecule has 3 rings (SSSR count). The Kier molecular flexibility index (Phi) is 3.81. The number of ether oxygens (including phenoxy) is 1. The molecule has 4 heteroatoms. The van der Waals surface area contributed by atoms with Crippen LogP contribution in [0.5, 0.6) is 5.75 Å². The Balaban J connectivity index is 1.95. The van der Waals surface area contributed by atoms with Gasteiger partial charge in [0.05, 0.1) is 12.7 Å². The molecule has 3 aromatic rings. The third-order valence-electron chi connectivity index (χ3n) is 3.70. The fourth-order valence-electron chi connectivity index (χ4n) is 2.42. The van der Waals surface area contributed by atoms with Gasteiger partial charge in [-0.1, -0.05) is 30.3 Å². The molecule has 0 aliphatic carbocycles. The van der Waals surface area contributed by atoms with Crippen molar-refractivity contribution >= 4 is 22.5 Å². The van der Waals surface area contributed by atoms with Crippen molar-refractivity contribution in [2.75, 3.05) is 7.11 Å².